The molecule has 23 heavy (non-hydrogen) atoms. The van der Waals surface area contributed by atoms with Crippen LogP contribution in [0.5, 0.6) is 0 Å². The minimum atomic E-state index is -0.418. The van der Waals surface area contributed by atoms with Gasteiger partial charge in [0.1, 0.15) is 0 Å². The van der Waals surface area contributed by atoms with Crippen molar-refractivity contribution in [1.29, 1.82) is 0 Å². The van der Waals surface area contributed by atoms with Crippen LogP contribution in [0.3, 0.4) is 0 Å². The summed E-state index contributed by atoms with van der Waals surface area (Å²) in [4.78, 5) is 39.4. The summed E-state index contributed by atoms with van der Waals surface area (Å²) in [5, 5.41) is 0. The Morgan fingerprint density at radius 2 is 1.83 bits per heavy atom. The monoisotopic (exact) mass is 318 g/mol. The highest BCUT2D eigenvalue weighted by Crippen LogP contribution is 2.26. The van der Waals surface area contributed by atoms with E-state index in [-0.39, 0.29) is 24.2 Å². The molecule has 1 atom stereocenters. The Hall–Kier alpha value is -2.37. The minimum Gasteiger partial charge on any atom is -0.465 e. The summed E-state index contributed by atoms with van der Waals surface area (Å²) in [6, 6.07) is 6.64. The molecule has 0 N–H and O–H groups in total. The van der Waals surface area contributed by atoms with E-state index >= 15 is 0 Å². The molecule has 1 saturated heterocycles. The second kappa shape index (κ2) is 7.26. The maximum atomic E-state index is 12.4. The van der Waals surface area contributed by atoms with E-state index in [9.17, 15) is 14.4 Å². The highest BCUT2D eigenvalue weighted by molar-refractivity contribution is 6.00. The third-order valence-corrected chi connectivity index (χ3v) is 4.15. The van der Waals surface area contributed by atoms with Crippen LogP contribution in [0.4, 0.5) is 5.69 Å². The summed E-state index contributed by atoms with van der Waals surface area (Å²) >= 11 is 0. The van der Waals surface area contributed by atoms with Gasteiger partial charge in [-0.2, -0.15) is 0 Å². The number of ether oxygens (including phenoxy) is 1. The summed E-state index contributed by atoms with van der Waals surface area (Å²) in [6.07, 6.45) is 0.230. The highest BCUT2D eigenvalue weighted by atomic mass is 16.5. The lowest BCUT2D eigenvalue weighted by Gasteiger charge is -2.22. The van der Waals surface area contributed by atoms with Crippen LogP contribution in [0.25, 0.3) is 0 Å². The number of benzene rings is 1. The van der Waals surface area contributed by atoms with Gasteiger partial charge < -0.3 is 14.5 Å². The van der Waals surface area contributed by atoms with Gasteiger partial charge in [-0.05, 0) is 38.1 Å². The molecule has 0 spiro atoms. The van der Waals surface area contributed by atoms with Gasteiger partial charge in [0.2, 0.25) is 11.8 Å². The molecule has 0 radical (unpaired) electrons. The van der Waals surface area contributed by atoms with Gasteiger partial charge in [-0.15, -0.1) is 0 Å². The molecule has 0 aromatic heterocycles. The number of hydrogen-bond acceptors (Lipinski definition) is 4. The third-order valence-electron chi connectivity index (χ3n) is 4.15. The van der Waals surface area contributed by atoms with Crippen LogP contribution < -0.4 is 4.90 Å². The van der Waals surface area contributed by atoms with Gasteiger partial charge >= 0.3 is 5.97 Å². The largest absolute Gasteiger partial charge is 0.465 e. The molecule has 2 amide bonds. The zero-order valence-electron chi connectivity index (χ0n) is 13.7. The molecular formula is C17H22N2O4. The summed E-state index contributed by atoms with van der Waals surface area (Å²) in [5.41, 5.74) is 1.12. The lowest BCUT2D eigenvalue weighted by Crippen LogP contribution is -2.37. The number of nitrogens with zero attached hydrogens (tertiary/aromatic N) is 2. The molecule has 1 aliphatic rings. The van der Waals surface area contributed by atoms with Crippen LogP contribution in [-0.4, -0.2) is 49.4 Å². The third kappa shape index (κ3) is 3.52. The summed E-state index contributed by atoms with van der Waals surface area (Å²) in [7, 11) is 1.32. The summed E-state index contributed by atoms with van der Waals surface area (Å²) in [6.45, 7) is 5.54. The predicted octanol–water partition coefficient (Wildman–Crippen LogP) is 1.69. The van der Waals surface area contributed by atoms with Crippen LogP contribution >= 0.6 is 0 Å². The lowest BCUT2D eigenvalue weighted by atomic mass is 10.1. The first kappa shape index (κ1) is 17.0. The van der Waals surface area contributed by atoms with Gasteiger partial charge in [-0.1, -0.05) is 0 Å². The second-order valence-corrected chi connectivity index (χ2v) is 5.45. The van der Waals surface area contributed by atoms with Gasteiger partial charge in [-0.25, -0.2) is 4.79 Å². The van der Waals surface area contributed by atoms with Crippen molar-refractivity contribution in [3.05, 3.63) is 29.8 Å². The fourth-order valence-corrected chi connectivity index (χ4v) is 2.81. The first-order valence-corrected chi connectivity index (χ1v) is 7.79. The number of carbonyl (C=O) groups is 3. The summed E-state index contributed by atoms with van der Waals surface area (Å²) < 4.78 is 4.65. The van der Waals surface area contributed by atoms with Crippen molar-refractivity contribution in [2.24, 2.45) is 5.92 Å². The molecular weight excluding hydrogens is 296 g/mol. The van der Waals surface area contributed by atoms with Crippen LogP contribution in [0, 0.1) is 5.92 Å². The van der Waals surface area contributed by atoms with Gasteiger partial charge in [0, 0.05) is 31.7 Å². The van der Waals surface area contributed by atoms with E-state index in [0.717, 1.165) is 0 Å². The van der Waals surface area contributed by atoms with E-state index in [2.05, 4.69) is 4.74 Å². The fourth-order valence-electron chi connectivity index (χ4n) is 2.81. The molecule has 1 heterocycles. The molecule has 0 saturated carbocycles. The van der Waals surface area contributed by atoms with Crippen molar-refractivity contribution in [2.45, 2.75) is 20.3 Å². The van der Waals surface area contributed by atoms with Crippen LogP contribution in [0.2, 0.25) is 0 Å². The Kier molecular flexibility index (Phi) is 5.36. The Bertz CT molecular complexity index is 593. The van der Waals surface area contributed by atoms with Crippen LogP contribution in [0.1, 0.15) is 30.6 Å². The minimum absolute atomic E-state index is 0.0250. The van der Waals surface area contributed by atoms with E-state index in [1.54, 1.807) is 34.1 Å². The molecule has 6 nitrogen and oxygen atoms in total. The van der Waals surface area contributed by atoms with E-state index in [1.807, 2.05) is 13.8 Å². The Labute approximate surface area is 136 Å². The Balaban J connectivity index is 2.11. The SMILES string of the molecule is CCN(CC)C(=O)C1CC(=O)N(c2ccc(C(=O)OC)cc2)C1. The first-order chi connectivity index (χ1) is 11.0. The fraction of sp³-hybridized carbons (Fsp3) is 0.471. The number of carbonyl (C=O) groups excluding carboxylic acids is 3. The van der Waals surface area contributed by atoms with Crippen LogP contribution in [-0.2, 0) is 14.3 Å². The molecule has 1 fully saturated rings. The normalized spacial score (nSPS) is 17.3. The number of methoxy groups -OCH3 is 1. The van der Waals surface area contributed by atoms with Crippen LogP contribution in [0.15, 0.2) is 24.3 Å². The van der Waals surface area contributed by atoms with E-state index < -0.39 is 5.97 Å². The predicted molar refractivity (Wildman–Crippen MR) is 86.2 cm³/mol. The zero-order chi connectivity index (χ0) is 17.0. The van der Waals surface area contributed by atoms with Gasteiger partial charge in [-0.3, -0.25) is 9.59 Å². The van der Waals surface area contributed by atoms with Crippen molar-refractivity contribution in [3.63, 3.8) is 0 Å². The van der Waals surface area contributed by atoms with Gasteiger partial charge in [0.15, 0.2) is 0 Å². The summed E-state index contributed by atoms with van der Waals surface area (Å²) in [5.74, 6) is -0.764. The first-order valence-electron chi connectivity index (χ1n) is 7.79. The molecule has 1 unspecified atom stereocenters. The molecule has 0 aliphatic carbocycles. The number of anilines is 1. The van der Waals surface area contributed by atoms with Crippen molar-refractivity contribution in [1.82, 2.24) is 4.90 Å². The molecule has 1 aliphatic heterocycles. The Morgan fingerprint density at radius 3 is 2.35 bits per heavy atom. The van der Waals surface area contributed by atoms with Crippen molar-refractivity contribution in [3.8, 4) is 0 Å². The van der Waals surface area contributed by atoms with Crippen molar-refractivity contribution >= 4 is 23.5 Å². The molecule has 1 aromatic rings. The maximum Gasteiger partial charge on any atom is 0.337 e. The average molecular weight is 318 g/mol. The highest BCUT2D eigenvalue weighted by Gasteiger charge is 2.36. The number of amides is 2. The van der Waals surface area contributed by atoms with Gasteiger partial charge in [0.25, 0.3) is 0 Å². The van der Waals surface area contributed by atoms with E-state index in [4.69, 9.17) is 0 Å². The molecule has 6 heteroatoms. The number of hydrogen-bond donors (Lipinski definition) is 0. The van der Waals surface area contributed by atoms with E-state index in [0.29, 0.717) is 30.9 Å². The van der Waals surface area contributed by atoms with E-state index in [1.165, 1.54) is 7.11 Å². The molecule has 0 bridgehead atoms. The number of rotatable bonds is 5. The van der Waals surface area contributed by atoms with Gasteiger partial charge in [0.05, 0.1) is 18.6 Å². The number of esters is 1. The molecule has 124 valence electrons. The molecule has 1 aromatic carbocycles. The van der Waals surface area contributed by atoms with Crippen molar-refractivity contribution < 1.29 is 19.1 Å². The quantitative estimate of drug-likeness (QED) is 0.775. The standard InChI is InChI=1S/C17H22N2O4/c1-4-18(5-2)16(21)13-10-15(20)19(11-13)14-8-6-12(7-9-14)17(22)23-3/h6-9,13H,4-5,10-11H2,1-3H3. The lowest BCUT2D eigenvalue weighted by molar-refractivity contribution is -0.135. The maximum absolute atomic E-state index is 12.4. The second-order valence-electron chi connectivity index (χ2n) is 5.45. The average Bonchev–Trinajstić information content (AvgIpc) is 2.97. The topological polar surface area (TPSA) is 66.9 Å². The Morgan fingerprint density at radius 1 is 1.22 bits per heavy atom. The molecule has 2 rings (SSSR count). The van der Waals surface area contributed by atoms with Crippen molar-refractivity contribution in [2.75, 3.05) is 31.6 Å². The smallest absolute Gasteiger partial charge is 0.337 e. The zero-order valence-corrected chi connectivity index (χ0v) is 13.7.